The molecule has 1 N–H and O–H groups in total. The Labute approximate surface area is 99.3 Å². The summed E-state index contributed by atoms with van der Waals surface area (Å²) in [5.41, 5.74) is 2.05. The highest BCUT2D eigenvalue weighted by Crippen LogP contribution is 2.21. The van der Waals surface area contributed by atoms with Gasteiger partial charge in [-0.05, 0) is 19.0 Å². The zero-order valence-corrected chi connectivity index (χ0v) is 10.4. The highest BCUT2D eigenvalue weighted by Gasteiger charge is 2.06. The van der Waals surface area contributed by atoms with E-state index in [2.05, 4.69) is 27.7 Å². The van der Waals surface area contributed by atoms with Crippen LogP contribution in [0.15, 0.2) is 17.6 Å². The van der Waals surface area contributed by atoms with Gasteiger partial charge in [-0.1, -0.05) is 6.92 Å². The minimum Gasteiger partial charge on any atom is -0.311 e. The van der Waals surface area contributed by atoms with Crippen molar-refractivity contribution in [3.05, 3.63) is 23.3 Å². The monoisotopic (exact) mass is 236 g/mol. The SMILES string of the molecule is CCCNCc1csc(-c2ccn(C)n2)n1. The molecule has 4 nitrogen and oxygen atoms in total. The van der Waals surface area contributed by atoms with Crippen LogP contribution in [-0.2, 0) is 13.6 Å². The molecule has 16 heavy (non-hydrogen) atoms. The van der Waals surface area contributed by atoms with E-state index in [0.29, 0.717) is 0 Å². The quantitative estimate of drug-likeness (QED) is 0.808. The predicted octanol–water partition coefficient (Wildman–Crippen LogP) is 2.04. The summed E-state index contributed by atoms with van der Waals surface area (Å²) in [7, 11) is 1.92. The predicted molar refractivity (Wildman–Crippen MR) is 66.3 cm³/mol. The molecule has 86 valence electrons. The van der Waals surface area contributed by atoms with Gasteiger partial charge >= 0.3 is 0 Å². The van der Waals surface area contributed by atoms with Crippen molar-refractivity contribution in [1.82, 2.24) is 20.1 Å². The fraction of sp³-hybridized carbons (Fsp3) is 0.455. The molecular weight excluding hydrogens is 220 g/mol. The lowest BCUT2D eigenvalue weighted by Gasteiger charge is -1.97. The van der Waals surface area contributed by atoms with Crippen LogP contribution >= 0.6 is 11.3 Å². The molecule has 0 spiro atoms. The van der Waals surface area contributed by atoms with Gasteiger partial charge in [-0.25, -0.2) is 4.98 Å². The summed E-state index contributed by atoms with van der Waals surface area (Å²) in [6.07, 6.45) is 3.09. The van der Waals surface area contributed by atoms with Crippen LogP contribution in [0.5, 0.6) is 0 Å². The second-order valence-electron chi connectivity index (χ2n) is 3.70. The lowest BCUT2D eigenvalue weighted by molar-refractivity contribution is 0.667. The molecule has 0 aromatic carbocycles. The van der Waals surface area contributed by atoms with Gasteiger partial charge in [0, 0.05) is 25.2 Å². The Balaban J connectivity index is 2.02. The standard InChI is InChI=1S/C11H16N4S/c1-3-5-12-7-9-8-16-11(13-9)10-4-6-15(2)14-10/h4,6,8,12H,3,5,7H2,1-2H3. The number of aryl methyl sites for hydroxylation is 1. The maximum atomic E-state index is 4.55. The number of nitrogens with zero attached hydrogens (tertiary/aromatic N) is 3. The van der Waals surface area contributed by atoms with Crippen LogP contribution in [0.4, 0.5) is 0 Å². The van der Waals surface area contributed by atoms with Gasteiger partial charge in [0.2, 0.25) is 0 Å². The van der Waals surface area contributed by atoms with E-state index >= 15 is 0 Å². The highest BCUT2D eigenvalue weighted by molar-refractivity contribution is 7.13. The van der Waals surface area contributed by atoms with Crippen molar-refractivity contribution in [1.29, 1.82) is 0 Å². The van der Waals surface area contributed by atoms with Gasteiger partial charge in [0.15, 0.2) is 0 Å². The van der Waals surface area contributed by atoms with Crippen molar-refractivity contribution in [2.45, 2.75) is 19.9 Å². The minimum atomic E-state index is 0.844. The Morgan fingerprint density at radius 2 is 2.38 bits per heavy atom. The number of hydrogen-bond donors (Lipinski definition) is 1. The van der Waals surface area contributed by atoms with Crippen molar-refractivity contribution < 1.29 is 0 Å². The molecule has 2 heterocycles. The van der Waals surface area contributed by atoms with E-state index in [1.165, 1.54) is 0 Å². The van der Waals surface area contributed by atoms with Gasteiger partial charge in [0.05, 0.1) is 5.69 Å². The summed E-state index contributed by atoms with van der Waals surface area (Å²) in [4.78, 5) is 4.55. The van der Waals surface area contributed by atoms with Crippen LogP contribution in [0.3, 0.4) is 0 Å². The Morgan fingerprint density at radius 1 is 1.50 bits per heavy atom. The number of hydrogen-bond acceptors (Lipinski definition) is 4. The average molecular weight is 236 g/mol. The van der Waals surface area contributed by atoms with Crippen LogP contribution in [0.25, 0.3) is 10.7 Å². The fourth-order valence-corrected chi connectivity index (χ4v) is 2.21. The molecule has 2 rings (SSSR count). The smallest absolute Gasteiger partial charge is 0.144 e. The molecule has 5 heteroatoms. The summed E-state index contributed by atoms with van der Waals surface area (Å²) in [6, 6.07) is 1.99. The van der Waals surface area contributed by atoms with Crippen molar-refractivity contribution in [3.8, 4) is 10.7 Å². The second kappa shape index (κ2) is 5.23. The largest absolute Gasteiger partial charge is 0.311 e. The number of thiazole rings is 1. The van der Waals surface area contributed by atoms with Crippen LogP contribution < -0.4 is 5.32 Å². The van der Waals surface area contributed by atoms with Crippen LogP contribution in [0.2, 0.25) is 0 Å². The molecule has 0 radical (unpaired) electrons. The van der Waals surface area contributed by atoms with E-state index in [9.17, 15) is 0 Å². The Kier molecular flexibility index (Phi) is 3.69. The molecule has 0 fully saturated rings. The van der Waals surface area contributed by atoms with Crippen LogP contribution in [-0.4, -0.2) is 21.3 Å². The maximum Gasteiger partial charge on any atom is 0.144 e. The Bertz CT molecular complexity index is 446. The molecule has 0 aliphatic carbocycles. The van der Waals surface area contributed by atoms with Gasteiger partial charge in [-0.2, -0.15) is 5.10 Å². The number of aromatic nitrogens is 3. The molecule has 0 saturated heterocycles. The molecular formula is C11H16N4S. The molecule has 0 saturated carbocycles. The number of rotatable bonds is 5. The molecule has 2 aromatic heterocycles. The summed E-state index contributed by atoms with van der Waals surface area (Å²) in [6.45, 7) is 4.04. The Hall–Kier alpha value is -1.20. The van der Waals surface area contributed by atoms with E-state index in [1.807, 2.05) is 19.3 Å². The zero-order valence-electron chi connectivity index (χ0n) is 9.60. The van der Waals surface area contributed by atoms with Gasteiger partial charge in [0.25, 0.3) is 0 Å². The lowest BCUT2D eigenvalue weighted by Crippen LogP contribution is -2.13. The van der Waals surface area contributed by atoms with Crippen molar-refractivity contribution in [2.75, 3.05) is 6.54 Å². The third kappa shape index (κ3) is 2.68. The third-order valence-corrected chi connectivity index (χ3v) is 3.13. The molecule has 0 aliphatic rings. The molecule has 0 amide bonds. The highest BCUT2D eigenvalue weighted by atomic mass is 32.1. The van der Waals surface area contributed by atoms with Crippen LogP contribution in [0.1, 0.15) is 19.0 Å². The van der Waals surface area contributed by atoms with Gasteiger partial charge in [0.1, 0.15) is 10.7 Å². The normalized spacial score (nSPS) is 10.9. The van der Waals surface area contributed by atoms with Gasteiger partial charge < -0.3 is 5.32 Å². The van der Waals surface area contributed by atoms with E-state index in [-0.39, 0.29) is 0 Å². The fourth-order valence-electron chi connectivity index (χ4n) is 1.43. The van der Waals surface area contributed by atoms with Crippen LogP contribution in [0, 0.1) is 0 Å². The Morgan fingerprint density at radius 3 is 3.06 bits per heavy atom. The summed E-state index contributed by atoms with van der Waals surface area (Å²) in [5.74, 6) is 0. The summed E-state index contributed by atoms with van der Waals surface area (Å²) in [5, 5.41) is 10.8. The first-order valence-electron chi connectivity index (χ1n) is 5.44. The molecule has 0 aliphatic heterocycles. The van der Waals surface area contributed by atoms with Gasteiger partial charge in [-0.3, -0.25) is 4.68 Å². The first-order valence-corrected chi connectivity index (χ1v) is 6.32. The molecule has 2 aromatic rings. The maximum absolute atomic E-state index is 4.55. The van der Waals surface area contributed by atoms with E-state index in [1.54, 1.807) is 16.0 Å². The topological polar surface area (TPSA) is 42.7 Å². The van der Waals surface area contributed by atoms with E-state index in [0.717, 1.165) is 35.9 Å². The zero-order chi connectivity index (χ0) is 11.4. The summed E-state index contributed by atoms with van der Waals surface area (Å²) < 4.78 is 1.80. The first-order chi connectivity index (χ1) is 7.79. The third-order valence-electron chi connectivity index (χ3n) is 2.22. The molecule has 0 atom stereocenters. The summed E-state index contributed by atoms with van der Waals surface area (Å²) >= 11 is 1.65. The van der Waals surface area contributed by atoms with Crippen molar-refractivity contribution >= 4 is 11.3 Å². The molecule has 0 unspecified atom stereocenters. The minimum absolute atomic E-state index is 0.844. The van der Waals surface area contributed by atoms with Crippen molar-refractivity contribution in [2.24, 2.45) is 7.05 Å². The number of nitrogens with one attached hydrogen (secondary N) is 1. The first kappa shape index (κ1) is 11.3. The van der Waals surface area contributed by atoms with E-state index < -0.39 is 0 Å². The van der Waals surface area contributed by atoms with Crippen molar-refractivity contribution in [3.63, 3.8) is 0 Å². The van der Waals surface area contributed by atoms with Gasteiger partial charge in [-0.15, -0.1) is 11.3 Å². The molecule has 0 bridgehead atoms. The second-order valence-corrected chi connectivity index (χ2v) is 4.55. The van der Waals surface area contributed by atoms with E-state index in [4.69, 9.17) is 0 Å². The average Bonchev–Trinajstić information content (AvgIpc) is 2.87. The lowest BCUT2D eigenvalue weighted by atomic mass is 10.4.